The predicted octanol–water partition coefficient (Wildman–Crippen LogP) is 3.44. The lowest BCUT2D eigenvalue weighted by Gasteiger charge is -2.15. The smallest absolute Gasteiger partial charge is 0.213 e. The second kappa shape index (κ2) is 8.47. The van der Waals surface area contributed by atoms with Crippen molar-refractivity contribution >= 4 is 16.3 Å². The van der Waals surface area contributed by atoms with Crippen molar-refractivity contribution in [1.82, 2.24) is 4.31 Å². The number of hydrogen-bond acceptors (Lipinski definition) is 4. The van der Waals surface area contributed by atoms with Gasteiger partial charge in [0.05, 0.1) is 12.4 Å². The van der Waals surface area contributed by atoms with Crippen LogP contribution in [0.4, 0.5) is 0 Å². The highest BCUT2D eigenvalue weighted by atomic mass is 32.2. The van der Waals surface area contributed by atoms with Crippen molar-refractivity contribution in [3.63, 3.8) is 0 Å². The van der Waals surface area contributed by atoms with Crippen LogP contribution in [0.1, 0.15) is 27.9 Å². The Balaban J connectivity index is 2.10. The molecule has 0 saturated carbocycles. The summed E-state index contributed by atoms with van der Waals surface area (Å²) in [7, 11) is -0.135. The van der Waals surface area contributed by atoms with E-state index in [2.05, 4.69) is 0 Å². The molecule has 0 saturated heterocycles. The van der Waals surface area contributed by atoms with Crippen molar-refractivity contribution in [2.24, 2.45) is 0 Å². The Hall–Kier alpha value is -2.18. The molecule has 2 rings (SSSR count). The first-order chi connectivity index (χ1) is 12.2. The molecule has 6 heteroatoms. The number of sulfonamides is 1. The van der Waals surface area contributed by atoms with E-state index in [0.29, 0.717) is 18.6 Å². The summed E-state index contributed by atoms with van der Waals surface area (Å²) in [6.45, 7) is 4.34. The molecule has 0 aliphatic rings. The number of hydrogen-bond donors (Lipinski definition) is 0. The summed E-state index contributed by atoms with van der Waals surface area (Å²) in [5, 5.41) is 0. The summed E-state index contributed by atoms with van der Waals surface area (Å²) in [6, 6.07) is 11.4. The van der Waals surface area contributed by atoms with Gasteiger partial charge in [-0.2, -0.15) is 0 Å². The van der Waals surface area contributed by atoms with Crippen molar-refractivity contribution in [2.45, 2.75) is 20.3 Å². The Labute approximate surface area is 155 Å². The van der Waals surface area contributed by atoms with Gasteiger partial charge in [0, 0.05) is 19.7 Å². The summed E-state index contributed by atoms with van der Waals surface area (Å²) >= 11 is 0. The minimum atomic E-state index is -3.19. The Morgan fingerprint density at radius 2 is 1.73 bits per heavy atom. The van der Waals surface area contributed by atoms with E-state index >= 15 is 0 Å². The lowest BCUT2D eigenvalue weighted by atomic mass is 9.94. The zero-order chi connectivity index (χ0) is 19.3. The number of benzene rings is 2. The van der Waals surface area contributed by atoms with Gasteiger partial charge in [-0.25, -0.2) is 12.7 Å². The van der Waals surface area contributed by atoms with Gasteiger partial charge in [0.15, 0.2) is 0 Å². The molecule has 26 heavy (non-hydrogen) atoms. The molecule has 0 aromatic heterocycles. The van der Waals surface area contributed by atoms with Crippen LogP contribution in [0.15, 0.2) is 36.4 Å². The van der Waals surface area contributed by atoms with Crippen molar-refractivity contribution in [3.8, 4) is 16.9 Å². The average Bonchev–Trinajstić information content (AvgIpc) is 2.58. The SMILES string of the molecule is Cc1cc(OCCCS(=O)(=O)N(C)C)cc(C)c1-c1cccc(C=O)c1. The molecule has 2 aromatic rings. The number of carbonyl (C=O) groups is 1. The van der Waals surface area contributed by atoms with E-state index in [1.807, 2.05) is 44.2 Å². The van der Waals surface area contributed by atoms with E-state index in [4.69, 9.17) is 4.74 Å². The van der Waals surface area contributed by atoms with E-state index < -0.39 is 10.0 Å². The number of aldehydes is 1. The minimum Gasteiger partial charge on any atom is -0.494 e. The number of rotatable bonds is 8. The van der Waals surface area contributed by atoms with Gasteiger partial charge in [-0.15, -0.1) is 0 Å². The van der Waals surface area contributed by atoms with Gasteiger partial charge in [0.25, 0.3) is 0 Å². The molecule has 0 aliphatic carbocycles. The van der Waals surface area contributed by atoms with Gasteiger partial charge in [0.2, 0.25) is 10.0 Å². The summed E-state index contributed by atoms with van der Waals surface area (Å²) in [5.41, 5.74) is 4.81. The van der Waals surface area contributed by atoms with Crippen LogP contribution in [0.5, 0.6) is 5.75 Å². The fraction of sp³-hybridized carbons (Fsp3) is 0.350. The Bertz CT molecular complexity index is 865. The van der Waals surface area contributed by atoms with Gasteiger partial charge < -0.3 is 4.74 Å². The maximum Gasteiger partial charge on any atom is 0.213 e. The summed E-state index contributed by atoms with van der Waals surface area (Å²) in [6.07, 6.45) is 1.27. The molecule has 5 nitrogen and oxygen atoms in total. The number of ether oxygens (including phenoxy) is 1. The van der Waals surface area contributed by atoms with Crippen LogP contribution in [-0.2, 0) is 10.0 Å². The Morgan fingerprint density at radius 3 is 2.31 bits per heavy atom. The average molecular weight is 375 g/mol. The second-order valence-corrected chi connectivity index (χ2v) is 8.78. The van der Waals surface area contributed by atoms with Gasteiger partial charge in [-0.1, -0.05) is 18.2 Å². The highest BCUT2D eigenvalue weighted by molar-refractivity contribution is 7.89. The highest BCUT2D eigenvalue weighted by Crippen LogP contribution is 2.31. The summed E-state index contributed by atoms with van der Waals surface area (Å²) < 4.78 is 30.5. The van der Waals surface area contributed by atoms with Crippen LogP contribution in [0.25, 0.3) is 11.1 Å². The van der Waals surface area contributed by atoms with Crippen LogP contribution >= 0.6 is 0 Å². The van der Waals surface area contributed by atoms with Crippen LogP contribution in [0.2, 0.25) is 0 Å². The van der Waals surface area contributed by atoms with Crippen LogP contribution in [-0.4, -0.2) is 45.5 Å². The third-order valence-corrected chi connectivity index (χ3v) is 6.11. The number of aryl methyl sites for hydroxylation is 2. The van der Waals surface area contributed by atoms with Crippen molar-refractivity contribution in [2.75, 3.05) is 26.5 Å². The molecule has 0 N–H and O–H groups in total. The molecule has 2 aromatic carbocycles. The summed E-state index contributed by atoms with van der Waals surface area (Å²) in [5.74, 6) is 0.784. The van der Waals surface area contributed by atoms with Crippen molar-refractivity contribution < 1.29 is 17.9 Å². The van der Waals surface area contributed by atoms with E-state index in [0.717, 1.165) is 34.3 Å². The predicted molar refractivity (Wildman–Crippen MR) is 104 cm³/mol. The summed E-state index contributed by atoms with van der Waals surface area (Å²) in [4.78, 5) is 11.0. The molecule has 0 atom stereocenters. The Morgan fingerprint density at radius 1 is 1.08 bits per heavy atom. The first-order valence-electron chi connectivity index (χ1n) is 8.44. The maximum atomic E-state index is 11.7. The quantitative estimate of drug-likeness (QED) is 0.524. The molecule has 0 bridgehead atoms. The molecule has 0 radical (unpaired) electrons. The molecule has 0 spiro atoms. The molecule has 0 aliphatic heterocycles. The molecular weight excluding hydrogens is 350 g/mol. The van der Waals surface area contributed by atoms with E-state index in [-0.39, 0.29) is 5.75 Å². The standard InChI is InChI=1S/C20H25NO4S/c1-15-11-19(25-9-6-10-26(23,24)21(3)4)12-16(2)20(15)18-8-5-7-17(13-18)14-22/h5,7-8,11-14H,6,9-10H2,1-4H3. The first-order valence-corrected chi connectivity index (χ1v) is 10.1. The van der Waals surface area contributed by atoms with Crippen LogP contribution in [0, 0.1) is 13.8 Å². The van der Waals surface area contributed by atoms with E-state index in [9.17, 15) is 13.2 Å². The third kappa shape index (κ3) is 4.93. The largest absolute Gasteiger partial charge is 0.494 e. The topological polar surface area (TPSA) is 63.7 Å². The zero-order valence-corrected chi connectivity index (χ0v) is 16.5. The fourth-order valence-corrected chi connectivity index (χ4v) is 3.69. The molecule has 0 amide bonds. The maximum absolute atomic E-state index is 11.7. The number of carbonyl (C=O) groups excluding carboxylic acids is 1. The Kier molecular flexibility index (Phi) is 6.56. The fourth-order valence-electron chi connectivity index (χ4n) is 2.84. The third-order valence-electron chi connectivity index (χ3n) is 4.19. The van der Waals surface area contributed by atoms with Crippen molar-refractivity contribution in [1.29, 1.82) is 0 Å². The van der Waals surface area contributed by atoms with Gasteiger partial charge in [0.1, 0.15) is 12.0 Å². The van der Waals surface area contributed by atoms with Gasteiger partial charge in [-0.3, -0.25) is 4.79 Å². The highest BCUT2D eigenvalue weighted by Gasteiger charge is 2.13. The van der Waals surface area contributed by atoms with Crippen LogP contribution < -0.4 is 4.74 Å². The second-order valence-electron chi connectivity index (χ2n) is 6.48. The van der Waals surface area contributed by atoms with Gasteiger partial charge >= 0.3 is 0 Å². The number of nitrogens with zero attached hydrogens (tertiary/aromatic N) is 1. The molecule has 0 heterocycles. The normalized spacial score (nSPS) is 11.6. The lowest BCUT2D eigenvalue weighted by Crippen LogP contribution is -2.25. The van der Waals surface area contributed by atoms with Crippen LogP contribution in [0.3, 0.4) is 0 Å². The molecule has 0 unspecified atom stereocenters. The van der Waals surface area contributed by atoms with Gasteiger partial charge in [-0.05, 0) is 60.7 Å². The lowest BCUT2D eigenvalue weighted by molar-refractivity contribution is 0.112. The molecular formula is C20H25NO4S. The van der Waals surface area contributed by atoms with E-state index in [1.54, 1.807) is 6.07 Å². The monoisotopic (exact) mass is 375 g/mol. The first kappa shape index (κ1) is 20.1. The molecule has 0 fully saturated rings. The molecule has 140 valence electrons. The zero-order valence-electron chi connectivity index (χ0n) is 15.7. The van der Waals surface area contributed by atoms with E-state index in [1.165, 1.54) is 18.4 Å². The minimum absolute atomic E-state index is 0.0640. The van der Waals surface area contributed by atoms with Crippen molar-refractivity contribution in [3.05, 3.63) is 53.1 Å².